The van der Waals surface area contributed by atoms with Crippen LogP contribution in [0.5, 0.6) is 0 Å². The Morgan fingerprint density at radius 2 is 2.15 bits per heavy atom. The molecule has 1 amide bonds. The summed E-state index contributed by atoms with van der Waals surface area (Å²) in [5.74, 6) is 1.11. The minimum atomic E-state index is 0.00553. The fourth-order valence-electron chi connectivity index (χ4n) is 3.73. The molecule has 1 aliphatic heterocycles. The molecule has 3 aromatic rings. The van der Waals surface area contributed by atoms with E-state index < -0.39 is 0 Å². The molecule has 3 heterocycles. The molecule has 1 saturated heterocycles. The number of aryl methyl sites for hydroxylation is 1. The lowest BCUT2D eigenvalue weighted by Gasteiger charge is -2.33. The van der Waals surface area contributed by atoms with Gasteiger partial charge in [0.1, 0.15) is 0 Å². The Labute approximate surface area is 157 Å². The average Bonchev–Trinajstić information content (AvgIpc) is 3.31. The highest BCUT2D eigenvalue weighted by Gasteiger charge is 2.29. The average molecular weight is 369 g/mol. The maximum atomic E-state index is 12.8. The standard InChI is InChI=1S/C20H24N4OS/c1-14(18-10-6-12-26-18)21-19(25)15-7-5-11-24(13-15)20-22-16-8-3-4-9-17(16)23(20)2/h3-4,6,8-10,12,14-15H,5,7,11,13H2,1-2H3,(H,21,25). The van der Waals surface area contributed by atoms with Crippen molar-refractivity contribution in [2.24, 2.45) is 13.0 Å². The lowest BCUT2D eigenvalue weighted by molar-refractivity contribution is -0.125. The van der Waals surface area contributed by atoms with Gasteiger partial charge in [0.15, 0.2) is 0 Å². The van der Waals surface area contributed by atoms with Gasteiger partial charge in [0.05, 0.1) is 23.0 Å². The van der Waals surface area contributed by atoms with Gasteiger partial charge < -0.3 is 14.8 Å². The van der Waals surface area contributed by atoms with Crippen LogP contribution in [-0.4, -0.2) is 28.5 Å². The summed E-state index contributed by atoms with van der Waals surface area (Å²) in [4.78, 5) is 21.0. The number of aromatic nitrogens is 2. The fourth-order valence-corrected chi connectivity index (χ4v) is 4.46. The number of piperidine rings is 1. The predicted molar refractivity (Wildman–Crippen MR) is 107 cm³/mol. The van der Waals surface area contributed by atoms with Gasteiger partial charge >= 0.3 is 0 Å². The van der Waals surface area contributed by atoms with Crippen molar-refractivity contribution in [1.82, 2.24) is 14.9 Å². The third-order valence-electron chi connectivity index (χ3n) is 5.17. The van der Waals surface area contributed by atoms with E-state index in [1.165, 1.54) is 4.88 Å². The van der Waals surface area contributed by atoms with E-state index >= 15 is 0 Å². The van der Waals surface area contributed by atoms with Crippen LogP contribution in [0.3, 0.4) is 0 Å². The lowest BCUT2D eigenvalue weighted by atomic mass is 9.97. The molecule has 2 aromatic heterocycles. The second kappa shape index (κ2) is 7.11. The second-order valence-electron chi connectivity index (χ2n) is 6.99. The molecule has 1 aliphatic rings. The summed E-state index contributed by atoms with van der Waals surface area (Å²) in [7, 11) is 2.05. The smallest absolute Gasteiger partial charge is 0.225 e. The molecule has 1 N–H and O–H groups in total. The quantitative estimate of drug-likeness (QED) is 0.763. The van der Waals surface area contributed by atoms with Crippen molar-refractivity contribution in [3.63, 3.8) is 0 Å². The topological polar surface area (TPSA) is 50.2 Å². The number of para-hydroxylation sites is 2. The lowest BCUT2D eigenvalue weighted by Crippen LogP contribution is -2.44. The highest BCUT2D eigenvalue weighted by molar-refractivity contribution is 7.10. The number of anilines is 1. The zero-order valence-electron chi connectivity index (χ0n) is 15.2. The summed E-state index contributed by atoms with van der Waals surface area (Å²) in [5.41, 5.74) is 2.13. The fraction of sp³-hybridized carbons (Fsp3) is 0.400. The second-order valence-corrected chi connectivity index (χ2v) is 7.97. The van der Waals surface area contributed by atoms with Gasteiger partial charge in [-0.1, -0.05) is 18.2 Å². The third-order valence-corrected chi connectivity index (χ3v) is 6.22. The van der Waals surface area contributed by atoms with Gasteiger partial charge in [-0.05, 0) is 43.3 Å². The Balaban J connectivity index is 1.48. The number of rotatable bonds is 4. The van der Waals surface area contributed by atoms with Gasteiger partial charge in [-0.2, -0.15) is 0 Å². The summed E-state index contributed by atoms with van der Waals surface area (Å²) in [6, 6.07) is 12.3. The summed E-state index contributed by atoms with van der Waals surface area (Å²) in [5, 5.41) is 5.23. The largest absolute Gasteiger partial charge is 0.348 e. The molecule has 0 bridgehead atoms. The van der Waals surface area contributed by atoms with Crippen molar-refractivity contribution >= 4 is 34.2 Å². The Morgan fingerprint density at radius 1 is 1.31 bits per heavy atom. The number of hydrogen-bond acceptors (Lipinski definition) is 4. The number of imidazole rings is 1. The van der Waals surface area contributed by atoms with Crippen LogP contribution in [0.4, 0.5) is 5.95 Å². The minimum Gasteiger partial charge on any atom is -0.348 e. The van der Waals surface area contributed by atoms with E-state index in [-0.39, 0.29) is 17.9 Å². The molecule has 26 heavy (non-hydrogen) atoms. The molecular formula is C20H24N4OS. The Bertz CT molecular complexity index is 902. The molecule has 2 atom stereocenters. The van der Waals surface area contributed by atoms with Crippen LogP contribution in [0.25, 0.3) is 11.0 Å². The Morgan fingerprint density at radius 3 is 2.92 bits per heavy atom. The minimum absolute atomic E-state index is 0.00553. The van der Waals surface area contributed by atoms with Crippen LogP contribution in [-0.2, 0) is 11.8 Å². The molecule has 2 unspecified atom stereocenters. The molecule has 0 saturated carbocycles. The van der Waals surface area contributed by atoms with Gasteiger partial charge in [-0.3, -0.25) is 4.79 Å². The molecule has 0 spiro atoms. The third kappa shape index (κ3) is 3.21. The molecule has 0 aliphatic carbocycles. The van der Waals surface area contributed by atoms with Crippen LogP contribution in [0.1, 0.15) is 30.7 Å². The zero-order chi connectivity index (χ0) is 18.1. The van der Waals surface area contributed by atoms with E-state index in [2.05, 4.69) is 33.8 Å². The van der Waals surface area contributed by atoms with Crippen molar-refractivity contribution < 1.29 is 4.79 Å². The predicted octanol–water partition coefficient (Wildman–Crippen LogP) is 3.73. The first-order valence-corrected chi connectivity index (χ1v) is 10.0. The first-order valence-electron chi connectivity index (χ1n) is 9.13. The summed E-state index contributed by atoms with van der Waals surface area (Å²) in [6.45, 7) is 3.72. The SMILES string of the molecule is CC(NC(=O)C1CCCN(c2nc3ccccc3n2C)C1)c1cccs1. The van der Waals surface area contributed by atoms with E-state index in [1.54, 1.807) is 11.3 Å². The molecule has 5 nitrogen and oxygen atoms in total. The Hall–Kier alpha value is -2.34. The van der Waals surface area contributed by atoms with E-state index in [0.717, 1.165) is 42.9 Å². The summed E-state index contributed by atoms with van der Waals surface area (Å²) < 4.78 is 2.13. The molecule has 136 valence electrons. The van der Waals surface area contributed by atoms with Crippen molar-refractivity contribution in [3.05, 3.63) is 46.7 Å². The molecule has 0 radical (unpaired) electrons. The number of benzene rings is 1. The molecule has 4 rings (SSSR count). The highest BCUT2D eigenvalue weighted by Crippen LogP contribution is 2.27. The monoisotopic (exact) mass is 368 g/mol. The number of hydrogen-bond donors (Lipinski definition) is 1. The van der Waals surface area contributed by atoms with Gasteiger partial charge in [0, 0.05) is 25.0 Å². The normalized spacial score (nSPS) is 18.8. The van der Waals surface area contributed by atoms with E-state index in [1.807, 2.05) is 36.7 Å². The van der Waals surface area contributed by atoms with E-state index in [0.29, 0.717) is 0 Å². The van der Waals surface area contributed by atoms with Crippen molar-refractivity contribution in [1.29, 1.82) is 0 Å². The van der Waals surface area contributed by atoms with Gasteiger partial charge in [-0.15, -0.1) is 11.3 Å². The number of amides is 1. The molecular weight excluding hydrogens is 344 g/mol. The van der Waals surface area contributed by atoms with Crippen LogP contribution >= 0.6 is 11.3 Å². The van der Waals surface area contributed by atoms with E-state index in [9.17, 15) is 4.79 Å². The number of nitrogens with one attached hydrogen (secondary N) is 1. The van der Waals surface area contributed by atoms with Crippen molar-refractivity contribution in [2.75, 3.05) is 18.0 Å². The van der Waals surface area contributed by atoms with Crippen molar-refractivity contribution in [2.45, 2.75) is 25.8 Å². The molecule has 1 fully saturated rings. The summed E-state index contributed by atoms with van der Waals surface area (Å²) >= 11 is 1.68. The van der Waals surface area contributed by atoms with Gasteiger partial charge in [0.25, 0.3) is 0 Å². The van der Waals surface area contributed by atoms with Gasteiger partial charge in [-0.25, -0.2) is 4.98 Å². The number of nitrogens with zero attached hydrogens (tertiary/aromatic N) is 3. The first kappa shape index (κ1) is 17.1. The van der Waals surface area contributed by atoms with E-state index in [4.69, 9.17) is 4.98 Å². The number of carbonyl (C=O) groups excluding carboxylic acids is 1. The van der Waals surface area contributed by atoms with Crippen LogP contribution in [0, 0.1) is 5.92 Å². The maximum Gasteiger partial charge on any atom is 0.225 e. The number of carbonyl (C=O) groups is 1. The maximum absolute atomic E-state index is 12.8. The van der Waals surface area contributed by atoms with Crippen molar-refractivity contribution in [3.8, 4) is 0 Å². The zero-order valence-corrected chi connectivity index (χ0v) is 16.0. The first-order chi connectivity index (χ1) is 12.6. The number of fused-ring (bicyclic) bond motifs is 1. The van der Waals surface area contributed by atoms with Crippen LogP contribution in [0.2, 0.25) is 0 Å². The molecule has 1 aromatic carbocycles. The Kier molecular flexibility index (Phi) is 4.68. The number of thiophene rings is 1. The van der Waals surface area contributed by atoms with Crippen LogP contribution < -0.4 is 10.2 Å². The van der Waals surface area contributed by atoms with Crippen LogP contribution in [0.15, 0.2) is 41.8 Å². The highest BCUT2D eigenvalue weighted by atomic mass is 32.1. The van der Waals surface area contributed by atoms with Gasteiger partial charge in [0.2, 0.25) is 11.9 Å². The summed E-state index contributed by atoms with van der Waals surface area (Å²) in [6.07, 6.45) is 1.94. The molecule has 6 heteroatoms.